The van der Waals surface area contributed by atoms with E-state index in [1.165, 1.54) is 18.5 Å². The molecule has 0 aliphatic heterocycles. The summed E-state index contributed by atoms with van der Waals surface area (Å²) in [5, 5.41) is 16.0. The number of carbonyl (C=O) groups is 1. The van der Waals surface area contributed by atoms with Gasteiger partial charge in [-0.15, -0.1) is 0 Å². The summed E-state index contributed by atoms with van der Waals surface area (Å²) in [4.78, 5) is 14.8. The van der Waals surface area contributed by atoms with Crippen molar-refractivity contribution in [2.24, 2.45) is 0 Å². The summed E-state index contributed by atoms with van der Waals surface area (Å²) >= 11 is 1.61. The monoisotopic (exact) mass is 234 g/mol. The molecule has 0 spiro atoms. The SMILES string of the molecule is O=C(O)c1ccncc1NCc1ccsc1. The summed E-state index contributed by atoms with van der Waals surface area (Å²) in [6, 6.07) is 3.48. The Hall–Kier alpha value is -1.88. The lowest BCUT2D eigenvalue weighted by Gasteiger charge is -2.07. The molecule has 0 bridgehead atoms. The Kier molecular flexibility index (Phi) is 3.16. The number of anilines is 1. The second-order valence-corrected chi connectivity index (χ2v) is 3.99. The molecule has 0 fully saturated rings. The van der Waals surface area contributed by atoms with Gasteiger partial charge < -0.3 is 10.4 Å². The molecule has 0 aliphatic rings. The van der Waals surface area contributed by atoms with E-state index in [0.717, 1.165) is 5.56 Å². The zero-order valence-electron chi connectivity index (χ0n) is 8.38. The van der Waals surface area contributed by atoms with E-state index in [-0.39, 0.29) is 5.56 Å². The number of hydrogen-bond acceptors (Lipinski definition) is 4. The van der Waals surface area contributed by atoms with Crippen LogP contribution in [0.25, 0.3) is 0 Å². The average Bonchev–Trinajstić information content (AvgIpc) is 2.79. The number of nitrogens with one attached hydrogen (secondary N) is 1. The van der Waals surface area contributed by atoms with Gasteiger partial charge in [-0.05, 0) is 28.5 Å². The lowest BCUT2D eigenvalue weighted by Crippen LogP contribution is -2.06. The first kappa shape index (κ1) is 10.6. The smallest absolute Gasteiger partial charge is 0.337 e. The van der Waals surface area contributed by atoms with Gasteiger partial charge in [-0.3, -0.25) is 4.98 Å². The molecule has 5 heteroatoms. The standard InChI is InChI=1S/C11H10N2O2S/c14-11(15)9-1-3-12-6-10(9)13-5-8-2-4-16-7-8/h1-4,6-7,13H,5H2,(H,14,15). The van der Waals surface area contributed by atoms with Crippen molar-refractivity contribution in [2.75, 3.05) is 5.32 Å². The molecule has 0 atom stereocenters. The normalized spacial score (nSPS) is 10.0. The van der Waals surface area contributed by atoms with E-state index >= 15 is 0 Å². The van der Waals surface area contributed by atoms with Gasteiger partial charge in [0.2, 0.25) is 0 Å². The van der Waals surface area contributed by atoms with Crippen molar-refractivity contribution in [1.82, 2.24) is 4.98 Å². The fourth-order valence-electron chi connectivity index (χ4n) is 1.31. The molecule has 0 amide bonds. The van der Waals surface area contributed by atoms with Gasteiger partial charge in [0.15, 0.2) is 0 Å². The van der Waals surface area contributed by atoms with E-state index in [1.807, 2.05) is 16.8 Å². The quantitative estimate of drug-likeness (QED) is 0.853. The number of thiophene rings is 1. The summed E-state index contributed by atoms with van der Waals surface area (Å²) in [7, 11) is 0. The van der Waals surface area contributed by atoms with E-state index in [0.29, 0.717) is 12.2 Å². The van der Waals surface area contributed by atoms with E-state index < -0.39 is 5.97 Å². The van der Waals surface area contributed by atoms with Gasteiger partial charge in [0, 0.05) is 12.7 Å². The molecule has 2 N–H and O–H groups in total. The lowest BCUT2D eigenvalue weighted by atomic mass is 10.2. The minimum Gasteiger partial charge on any atom is -0.478 e. The molecule has 0 unspecified atom stereocenters. The maximum atomic E-state index is 10.9. The van der Waals surface area contributed by atoms with E-state index in [9.17, 15) is 4.79 Å². The third-order valence-electron chi connectivity index (χ3n) is 2.11. The van der Waals surface area contributed by atoms with Crippen LogP contribution in [0.3, 0.4) is 0 Å². The molecule has 2 heterocycles. The van der Waals surface area contributed by atoms with Gasteiger partial charge in [0.25, 0.3) is 0 Å². The van der Waals surface area contributed by atoms with Crippen molar-refractivity contribution in [2.45, 2.75) is 6.54 Å². The molecule has 2 aromatic heterocycles. The molecule has 2 aromatic rings. The summed E-state index contributed by atoms with van der Waals surface area (Å²) in [5.41, 5.74) is 1.91. The molecule has 0 radical (unpaired) electrons. The van der Waals surface area contributed by atoms with E-state index in [1.54, 1.807) is 11.3 Å². The topological polar surface area (TPSA) is 62.2 Å². The van der Waals surface area contributed by atoms with Crippen LogP contribution in [0.2, 0.25) is 0 Å². The third kappa shape index (κ3) is 2.38. The van der Waals surface area contributed by atoms with Gasteiger partial charge in [0.05, 0.1) is 17.4 Å². The van der Waals surface area contributed by atoms with Gasteiger partial charge in [-0.25, -0.2) is 4.79 Å². The van der Waals surface area contributed by atoms with Crippen LogP contribution >= 0.6 is 11.3 Å². The number of pyridine rings is 1. The second-order valence-electron chi connectivity index (χ2n) is 3.21. The number of hydrogen-bond donors (Lipinski definition) is 2. The fraction of sp³-hybridized carbons (Fsp3) is 0.0909. The van der Waals surface area contributed by atoms with Gasteiger partial charge in [-0.1, -0.05) is 0 Å². The second kappa shape index (κ2) is 4.76. The number of carboxylic acid groups (broad SMARTS) is 1. The molecule has 82 valence electrons. The van der Waals surface area contributed by atoms with Crippen LogP contribution in [-0.4, -0.2) is 16.1 Å². The van der Waals surface area contributed by atoms with Crippen LogP contribution in [0.4, 0.5) is 5.69 Å². The predicted octanol–water partition coefficient (Wildman–Crippen LogP) is 2.45. The molecule has 0 aliphatic carbocycles. The molecule has 0 aromatic carbocycles. The molecule has 4 nitrogen and oxygen atoms in total. The number of rotatable bonds is 4. The minimum atomic E-state index is -0.949. The summed E-state index contributed by atoms with van der Waals surface area (Å²) < 4.78 is 0. The van der Waals surface area contributed by atoms with Crippen molar-refractivity contribution in [3.05, 3.63) is 46.4 Å². The maximum Gasteiger partial charge on any atom is 0.337 e. The largest absolute Gasteiger partial charge is 0.478 e. The first-order chi connectivity index (χ1) is 7.77. The number of aromatic carboxylic acids is 1. The van der Waals surface area contributed by atoms with E-state index in [2.05, 4.69) is 10.3 Å². The number of carboxylic acids is 1. The minimum absolute atomic E-state index is 0.241. The van der Waals surface area contributed by atoms with Crippen LogP contribution in [0.5, 0.6) is 0 Å². The zero-order valence-corrected chi connectivity index (χ0v) is 9.20. The zero-order chi connectivity index (χ0) is 11.4. The Balaban J connectivity index is 2.12. The molecular weight excluding hydrogens is 224 g/mol. The van der Waals surface area contributed by atoms with Crippen molar-refractivity contribution >= 4 is 23.0 Å². The Morgan fingerprint density at radius 1 is 1.50 bits per heavy atom. The van der Waals surface area contributed by atoms with Gasteiger partial charge in [0.1, 0.15) is 0 Å². The molecule has 0 saturated carbocycles. The summed E-state index contributed by atoms with van der Waals surface area (Å²) in [6.07, 6.45) is 3.00. The first-order valence-corrected chi connectivity index (χ1v) is 5.64. The summed E-state index contributed by atoms with van der Waals surface area (Å²) in [5.74, 6) is -0.949. The van der Waals surface area contributed by atoms with Crippen molar-refractivity contribution in [3.63, 3.8) is 0 Å². The average molecular weight is 234 g/mol. The van der Waals surface area contributed by atoms with Crippen molar-refractivity contribution < 1.29 is 9.90 Å². The third-order valence-corrected chi connectivity index (χ3v) is 2.85. The molecule has 16 heavy (non-hydrogen) atoms. The maximum absolute atomic E-state index is 10.9. The van der Waals surface area contributed by atoms with Crippen molar-refractivity contribution in [1.29, 1.82) is 0 Å². The highest BCUT2D eigenvalue weighted by molar-refractivity contribution is 7.07. The highest BCUT2D eigenvalue weighted by Gasteiger charge is 2.08. The van der Waals surface area contributed by atoms with Crippen LogP contribution in [0.1, 0.15) is 15.9 Å². The summed E-state index contributed by atoms with van der Waals surface area (Å²) in [6.45, 7) is 0.607. The van der Waals surface area contributed by atoms with Crippen molar-refractivity contribution in [3.8, 4) is 0 Å². The Bertz CT molecular complexity index is 482. The lowest BCUT2D eigenvalue weighted by molar-refractivity contribution is 0.0698. The van der Waals surface area contributed by atoms with Crippen LogP contribution in [0, 0.1) is 0 Å². The molecule has 0 saturated heterocycles. The highest BCUT2D eigenvalue weighted by atomic mass is 32.1. The number of aromatic nitrogens is 1. The Morgan fingerprint density at radius 2 is 2.38 bits per heavy atom. The van der Waals surface area contributed by atoms with Gasteiger partial charge in [-0.2, -0.15) is 11.3 Å². The Morgan fingerprint density at radius 3 is 3.06 bits per heavy atom. The van der Waals surface area contributed by atoms with E-state index in [4.69, 9.17) is 5.11 Å². The molecule has 2 rings (SSSR count). The first-order valence-electron chi connectivity index (χ1n) is 4.69. The van der Waals surface area contributed by atoms with Crippen LogP contribution in [-0.2, 0) is 6.54 Å². The molecular formula is C11H10N2O2S. The van der Waals surface area contributed by atoms with Crippen LogP contribution < -0.4 is 5.32 Å². The van der Waals surface area contributed by atoms with Crippen LogP contribution in [0.15, 0.2) is 35.3 Å². The van der Waals surface area contributed by atoms with Gasteiger partial charge >= 0.3 is 5.97 Å². The predicted molar refractivity (Wildman–Crippen MR) is 62.8 cm³/mol. The number of nitrogens with zero attached hydrogens (tertiary/aromatic N) is 1. The fourth-order valence-corrected chi connectivity index (χ4v) is 1.98. The highest BCUT2D eigenvalue weighted by Crippen LogP contribution is 2.15. The Labute approximate surface area is 96.6 Å².